The monoisotopic (exact) mass is 326 g/mol. The van der Waals surface area contributed by atoms with Gasteiger partial charge in [-0.05, 0) is 31.2 Å². The summed E-state index contributed by atoms with van der Waals surface area (Å²) in [6.07, 6.45) is 0. The maximum atomic E-state index is 12.3. The van der Waals surface area contributed by atoms with Gasteiger partial charge in [-0.15, -0.1) is 0 Å². The van der Waals surface area contributed by atoms with Crippen molar-refractivity contribution in [2.24, 2.45) is 0 Å². The highest BCUT2D eigenvalue weighted by molar-refractivity contribution is 7.92. The Balaban J connectivity index is 2.44. The molecule has 6 nitrogen and oxygen atoms in total. The quantitative estimate of drug-likeness (QED) is 0.689. The van der Waals surface area contributed by atoms with Crippen LogP contribution in [0.3, 0.4) is 0 Å². The fraction of sp³-hybridized carbons (Fsp3) is 0.0769. The first kappa shape index (κ1) is 15.3. The van der Waals surface area contributed by atoms with Crippen LogP contribution in [0, 0.1) is 17.0 Å². The van der Waals surface area contributed by atoms with Crippen LogP contribution in [0.4, 0.5) is 11.4 Å². The van der Waals surface area contributed by atoms with Crippen LogP contribution in [0.25, 0.3) is 0 Å². The highest BCUT2D eigenvalue weighted by Crippen LogP contribution is 2.28. The Hall–Kier alpha value is -2.12. The molecular weight excluding hydrogens is 316 g/mol. The predicted molar refractivity (Wildman–Crippen MR) is 80.1 cm³/mol. The average molecular weight is 327 g/mol. The van der Waals surface area contributed by atoms with Crippen LogP contribution in [0.15, 0.2) is 47.4 Å². The molecule has 2 rings (SSSR count). The van der Waals surface area contributed by atoms with Crippen molar-refractivity contribution >= 4 is 33.0 Å². The number of aryl methyl sites for hydroxylation is 1. The lowest BCUT2D eigenvalue weighted by molar-refractivity contribution is -0.387. The zero-order valence-corrected chi connectivity index (χ0v) is 12.5. The van der Waals surface area contributed by atoms with Crippen molar-refractivity contribution in [2.45, 2.75) is 11.8 Å². The Morgan fingerprint density at radius 2 is 1.76 bits per heavy atom. The van der Waals surface area contributed by atoms with E-state index in [0.717, 1.165) is 17.7 Å². The van der Waals surface area contributed by atoms with Crippen molar-refractivity contribution in [1.29, 1.82) is 0 Å². The van der Waals surface area contributed by atoms with Crippen molar-refractivity contribution in [2.75, 3.05) is 4.72 Å². The Labute approximate surface area is 126 Å². The van der Waals surface area contributed by atoms with Crippen molar-refractivity contribution in [1.82, 2.24) is 0 Å². The first-order chi connectivity index (χ1) is 9.79. The molecule has 0 saturated carbocycles. The van der Waals surface area contributed by atoms with Crippen LogP contribution in [0.2, 0.25) is 5.02 Å². The average Bonchev–Trinajstić information content (AvgIpc) is 2.40. The third-order valence-corrected chi connectivity index (χ3v) is 4.37. The second kappa shape index (κ2) is 5.71. The van der Waals surface area contributed by atoms with E-state index in [1.807, 2.05) is 6.92 Å². The standard InChI is InChI=1S/C13H11ClN2O4S/c1-9-2-5-11(6-3-9)15-21(19,20)13-7-4-10(14)8-12(13)16(17)18/h2-8,15H,1H3. The van der Waals surface area contributed by atoms with E-state index in [9.17, 15) is 18.5 Å². The second-order valence-electron chi connectivity index (χ2n) is 4.34. The zero-order chi connectivity index (χ0) is 15.6. The number of anilines is 1. The minimum atomic E-state index is -4.07. The topological polar surface area (TPSA) is 89.3 Å². The summed E-state index contributed by atoms with van der Waals surface area (Å²) in [7, 11) is -4.07. The molecule has 8 heteroatoms. The van der Waals surface area contributed by atoms with E-state index in [4.69, 9.17) is 11.6 Å². The summed E-state index contributed by atoms with van der Waals surface area (Å²) in [6.45, 7) is 1.86. The van der Waals surface area contributed by atoms with Gasteiger partial charge in [0.2, 0.25) is 0 Å². The predicted octanol–water partition coefficient (Wildman–Crippen LogP) is 3.36. The van der Waals surface area contributed by atoms with E-state index in [-0.39, 0.29) is 5.02 Å². The number of sulfonamides is 1. The molecule has 0 unspecified atom stereocenters. The van der Waals surface area contributed by atoms with E-state index in [2.05, 4.69) is 4.72 Å². The summed E-state index contributed by atoms with van der Waals surface area (Å²) in [6, 6.07) is 10.0. The Bertz CT molecular complexity index is 788. The van der Waals surface area contributed by atoms with Crippen LogP contribution in [-0.2, 0) is 10.0 Å². The fourth-order valence-corrected chi connectivity index (χ4v) is 3.07. The van der Waals surface area contributed by atoms with Gasteiger partial charge in [-0.25, -0.2) is 8.42 Å². The summed E-state index contributed by atoms with van der Waals surface area (Å²) in [4.78, 5) is 9.76. The lowest BCUT2D eigenvalue weighted by atomic mass is 10.2. The van der Waals surface area contributed by atoms with E-state index >= 15 is 0 Å². The number of hydrogen-bond donors (Lipinski definition) is 1. The Morgan fingerprint density at radius 1 is 1.14 bits per heavy atom. The number of hydrogen-bond acceptors (Lipinski definition) is 4. The lowest BCUT2D eigenvalue weighted by Gasteiger charge is -2.09. The largest absolute Gasteiger partial charge is 0.291 e. The van der Waals surface area contributed by atoms with Crippen molar-refractivity contribution in [3.63, 3.8) is 0 Å². The van der Waals surface area contributed by atoms with Gasteiger partial charge in [-0.2, -0.15) is 0 Å². The summed E-state index contributed by atoms with van der Waals surface area (Å²) in [5, 5.41) is 11.1. The van der Waals surface area contributed by atoms with Crippen LogP contribution in [0.5, 0.6) is 0 Å². The van der Waals surface area contributed by atoms with Gasteiger partial charge in [0.15, 0.2) is 4.90 Å². The molecule has 0 aliphatic heterocycles. The Kier molecular flexibility index (Phi) is 4.15. The van der Waals surface area contributed by atoms with Crippen molar-refractivity contribution < 1.29 is 13.3 Å². The third kappa shape index (κ3) is 3.50. The molecular formula is C13H11ClN2O4S. The van der Waals surface area contributed by atoms with E-state index < -0.39 is 25.5 Å². The molecule has 0 amide bonds. The Morgan fingerprint density at radius 3 is 2.33 bits per heavy atom. The van der Waals surface area contributed by atoms with Gasteiger partial charge in [-0.1, -0.05) is 29.3 Å². The van der Waals surface area contributed by atoms with Crippen molar-refractivity contribution in [3.8, 4) is 0 Å². The smallest absolute Gasteiger partial charge is 0.279 e. The van der Waals surface area contributed by atoms with Crippen LogP contribution < -0.4 is 4.72 Å². The molecule has 1 N–H and O–H groups in total. The molecule has 0 aromatic heterocycles. The number of rotatable bonds is 4. The minimum absolute atomic E-state index is 0.0935. The summed E-state index contributed by atoms with van der Waals surface area (Å²) >= 11 is 5.67. The van der Waals surface area contributed by atoms with Crippen LogP contribution >= 0.6 is 11.6 Å². The number of nitrogens with one attached hydrogen (secondary N) is 1. The molecule has 0 fully saturated rings. The van der Waals surface area contributed by atoms with Crippen molar-refractivity contribution in [3.05, 3.63) is 63.2 Å². The molecule has 0 radical (unpaired) electrons. The number of halogens is 1. The maximum absolute atomic E-state index is 12.3. The van der Waals surface area contributed by atoms with E-state index in [1.54, 1.807) is 24.3 Å². The van der Waals surface area contributed by atoms with Gasteiger partial charge in [0, 0.05) is 16.8 Å². The number of nitro benzene ring substituents is 1. The van der Waals surface area contributed by atoms with Crippen LogP contribution in [0.1, 0.15) is 5.56 Å². The van der Waals surface area contributed by atoms with E-state index in [1.165, 1.54) is 6.07 Å². The molecule has 0 atom stereocenters. The molecule has 2 aromatic carbocycles. The number of nitrogens with zero attached hydrogens (tertiary/aromatic N) is 1. The first-order valence-corrected chi connectivity index (χ1v) is 7.69. The third-order valence-electron chi connectivity index (χ3n) is 2.71. The van der Waals surface area contributed by atoms with Gasteiger partial charge in [0.05, 0.1) is 4.92 Å². The van der Waals surface area contributed by atoms with E-state index in [0.29, 0.717) is 5.69 Å². The summed E-state index contributed by atoms with van der Waals surface area (Å²) in [5.74, 6) is 0. The SMILES string of the molecule is Cc1ccc(NS(=O)(=O)c2ccc(Cl)cc2[N+](=O)[O-])cc1. The van der Waals surface area contributed by atoms with Gasteiger partial charge in [-0.3, -0.25) is 14.8 Å². The number of nitro groups is 1. The fourth-order valence-electron chi connectivity index (χ4n) is 1.69. The summed E-state index contributed by atoms with van der Waals surface area (Å²) < 4.78 is 26.8. The van der Waals surface area contributed by atoms with Crippen LogP contribution in [-0.4, -0.2) is 13.3 Å². The molecule has 0 aliphatic rings. The molecule has 0 aliphatic carbocycles. The second-order valence-corrected chi connectivity index (χ2v) is 6.43. The van der Waals surface area contributed by atoms with Gasteiger partial charge in [0.1, 0.15) is 0 Å². The molecule has 0 saturated heterocycles. The zero-order valence-electron chi connectivity index (χ0n) is 10.9. The highest BCUT2D eigenvalue weighted by Gasteiger charge is 2.26. The normalized spacial score (nSPS) is 11.1. The minimum Gasteiger partial charge on any atom is -0.279 e. The van der Waals surface area contributed by atoms with Gasteiger partial charge >= 0.3 is 0 Å². The maximum Gasteiger partial charge on any atom is 0.291 e. The highest BCUT2D eigenvalue weighted by atomic mass is 35.5. The molecule has 110 valence electrons. The molecule has 2 aromatic rings. The first-order valence-electron chi connectivity index (χ1n) is 5.83. The lowest BCUT2D eigenvalue weighted by Crippen LogP contribution is -2.14. The molecule has 0 heterocycles. The van der Waals surface area contributed by atoms with Gasteiger partial charge < -0.3 is 0 Å². The number of benzene rings is 2. The summed E-state index contributed by atoms with van der Waals surface area (Å²) in [5.41, 5.74) is 0.724. The molecule has 0 spiro atoms. The molecule has 21 heavy (non-hydrogen) atoms. The molecule has 0 bridgehead atoms. The van der Waals surface area contributed by atoms with Gasteiger partial charge in [0.25, 0.3) is 15.7 Å².